The van der Waals surface area contributed by atoms with Crippen LogP contribution in [-0.2, 0) is 0 Å². The smallest absolute Gasteiger partial charge is 0.0991 e. The summed E-state index contributed by atoms with van der Waals surface area (Å²) in [5.74, 6) is 0. The average Bonchev–Trinajstić information content (AvgIpc) is 3.57. The molecule has 0 atom stereocenters. The number of nitriles is 1. The summed E-state index contributed by atoms with van der Waals surface area (Å²) in [5, 5.41) is 17.2. The number of para-hydroxylation sites is 2. The molecule has 3 nitrogen and oxygen atoms in total. The molecule has 0 aliphatic heterocycles. The van der Waals surface area contributed by atoms with Crippen molar-refractivity contribution in [2.75, 3.05) is 9.80 Å². The standard InChI is InChI=1S/C45H29N3S/c46-30-31-22-24-34(25-23-31)48(36-17-11-16-35(28-36)47(32-12-3-1-4-13-32)33-14-5-2-6-15-33)37-26-27-39-38-18-7-8-19-40(38)45-44(42(39)29-37)41-20-9-10-21-43(41)49-45/h1-29H. The van der Waals surface area contributed by atoms with Crippen LogP contribution in [0.3, 0.4) is 0 Å². The van der Waals surface area contributed by atoms with E-state index in [-0.39, 0.29) is 0 Å². The number of benzene rings is 8. The Hall–Kier alpha value is -6.41. The number of hydrogen-bond donors (Lipinski definition) is 0. The van der Waals surface area contributed by atoms with Gasteiger partial charge in [-0.3, -0.25) is 0 Å². The summed E-state index contributed by atoms with van der Waals surface area (Å²) in [7, 11) is 0. The fraction of sp³-hybridized carbons (Fsp3) is 0. The van der Waals surface area contributed by atoms with Crippen LogP contribution in [-0.4, -0.2) is 0 Å². The molecule has 0 saturated heterocycles. The molecule has 0 spiro atoms. The number of fused-ring (bicyclic) bond motifs is 8. The Labute approximate surface area is 288 Å². The predicted molar refractivity (Wildman–Crippen MR) is 208 cm³/mol. The Morgan fingerprint density at radius 2 is 0.878 bits per heavy atom. The van der Waals surface area contributed by atoms with Crippen LogP contribution in [0.1, 0.15) is 5.56 Å². The maximum absolute atomic E-state index is 9.62. The molecule has 0 N–H and O–H groups in total. The van der Waals surface area contributed by atoms with Crippen LogP contribution in [0.5, 0.6) is 0 Å². The van der Waals surface area contributed by atoms with Crippen molar-refractivity contribution in [3.8, 4) is 6.07 Å². The van der Waals surface area contributed by atoms with Crippen LogP contribution in [0, 0.1) is 11.3 Å². The van der Waals surface area contributed by atoms with Crippen molar-refractivity contribution in [2.45, 2.75) is 0 Å². The van der Waals surface area contributed by atoms with Crippen molar-refractivity contribution in [2.24, 2.45) is 0 Å². The average molecular weight is 644 g/mol. The molecule has 9 aromatic rings. The lowest BCUT2D eigenvalue weighted by Gasteiger charge is -2.29. The lowest BCUT2D eigenvalue weighted by atomic mass is 9.96. The van der Waals surface area contributed by atoms with Gasteiger partial charge in [0, 0.05) is 59.7 Å². The maximum atomic E-state index is 9.62. The van der Waals surface area contributed by atoms with Gasteiger partial charge in [0.1, 0.15) is 0 Å². The Balaban J connectivity index is 1.29. The van der Waals surface area contributed by atoms with Crippen LogP contribution >= 0.6 is 11.3 Å². The Morgan fingerprint density at radius 1 is 0.388 bits per heavy atom. The van der Waals surface area contributed by atoms with E-state index in [0.717, 1.165) is 34.1 Å². The van der Waals surface area contributed by atoms with Crippen LogP contribution in [0.25, 0.3) is 41.7 Å². The molecule has 0 fully saturated rings. The van der Waals surface area contributed by atoms with E-state index in [4.69, 9.17) is 0 Å². The molecule has 0 aliphatic carbocycles. The molecule has 4 heteroatoms. The van der Waals surface area contributed by atoms with Crippen molar-refractivity contribution in [1.29, 1.82) is 5.26 Å². The predicted octanol–water partition coefficient (Wildman–Crippen LogP) is 13.2. The van der Waals surface area contributed by atoms with E-state index < -0.39 is 0 Å². The molecule has 8 aromatic carbocycles. The van der Waals surface area contributed by atoms with Gasteiger partial charge in [0.05, 0.1) is 11.6 Å². The minimum Gasteiger partial charge on any atom is -0.310 e. The molecule has 0 amide bonds. The van der Waals surface area contributed by atoms with Crippen LogP contribution in [0.15, 0.2) is 176 Å². The van der Waals surface area contributed by atoms with Crippen molar-refractivity contribution in [3.05, 3.63) is 181 Å². The summed E-state index contributed by atoms with van der Waals surface area (Å²) >= 11 is 1.87. The third-order valence-corrected chi connectivity index (χ3v) is 10.4. The first-order valence-corrected chi connectivity index (χ1v) is 17.1. The van der Waals surface area contributed by atoms with Gasteiger partial charge in [-0.2, -0.15) is 5.26 Å². The molecule has 9 rings (SSSR count). The molecule has 0 saturated carbocycles. The molecule has 0 aliphatic rings. The van der Waals surface area contributed by atoms with Crippen molar-refractivity contribution in [3.63, 3.8) is 0 Å². The molecular weight excluding hydrogens is 615 g/mol. The SMILES string of the molecule is N#Cc1ccc(N(c2cccc(N(c3ccccc3)c3ccccc3)c2)c2ccc3c4ccccc4c4sc5ccccc5c4c3c2)cc1. The van der Waals surface area contributed by atoms with Gasteiger partial charge in [-0.25, -0.2) is 0 Å². The lowest BCUT2D eigenvalue weighted by Crippen LogP contribution is -2.13. The highest BCUT2D eigenvalue weighted by molar-refractivity contribution is 7.27. The monoisotopic (exact) mass is 643 g/mol. The zero-order chi connectivity index (χ0) is 32.7. The van der Waals surface area contributed by atoms with Crippen LogP contribution in [0.4, 0.5) is 34.1 Å². The van der Waals surface area contributed by atoms with E-state index in [2.05, 4.69) is 155 Å². The molecular formula is C45H29N3S. The summed E-state index contributed by atoms with van der Waals surface area (Å²) in [6, 6.07) is 64.2. The van der Waals surface area contributed by atoms with Crippen molar-refractivity contribution < 1.29 is 0 Å². The fourth-order valence-electron chi connectivity index (χ4n) is 7.04. The number of nitrogens with zero attached hydrogens (tertiary/aromatic N) is 3. The van der Waals surface area contributed by atoms with E-state index in [1.165, 1.54) is 41.7 Å². The van der Waals surface area contributed by atoms with Gasteiger partial charge in [-0.1, -0.05) is 91.0 Å². The second-order valence-corrected chi connectivity index (χ2v) is 13.2. The molecule has 0 radical (unpaired) electrons. The molecule has 0 unspecified atom stereocenters. The van der Waals surface area contributed by atoms with Crippen LogP contribution < -0.4 is 9.80 Å². The van der Waals surface area contributed by atoms with Gasteiger partial charge in [-0.05, 0) is 101 Å². The summed E-state index contributed by atoms with van der Waals surface area (Å²) in [6.07, 6.45) is 0. The Morgan fingerprint density at radius 3 is 1.55 bits per heavy atom. The first kappa shape index (κ1) is 28.8. The highest BCUT2D eigenvalue weighted by Crippen LogP contribution is 2.46. The molecule has 0 bridgehead atoms. The number of rotatable bonds is 6. The summed E-state index contributed by atoms with van der Waals surface area (Å²) in [6.45, 7) is 0. The minimum absolute atomic E-state index is 0.633. The Bertz CT molecular complexity index is 2630. The van der Waals surface area contributed by atoms with Gasteiger partial charge in [0.15, 0.2) is 0 Å². The lowest BCUT2D eigenvalue weighted by molar-refractivity contribution is 1.25. The summed E-state index contributed by atoms with van der Waals surface area (Å²) in [4.78, 5) is 4.59. The Kier molecular flexibility index (Phi) is 7.04. The maximum Gasteiger partial charge on any atom is 0.0991 e. The van der Waals surface area contributed by atoms with Gasteiger partial charge in [-0.15, -0.1) is 11.3 Å². The van der Waals surface area contributed by atoms with Gasteiger partial charge in [0.2, 0.25) is 0 Å². The van der Waals surface area contributed by atoms with E-state index in [1.54, 1.807) is 0 Å². The van der Waals surface area contributed by atoms with E-state index in [1.807, 2.05) is 47.7 Å². The summed E-state index contributed by atoms with van der Waals surface area (Å²) in [5.41, 5.74) is 6.89. The van der Waals surface area contributed by atoms with Gasteiger partial charge in [0.25, 0.3) is 0 Å². The number of hydrogen-bond acceptors (Lipinski definition) is 4. The molecule has 230 valence electrons. The fourth-order valence-corrected chi connectivity index (χ4v) is 8.29. The second kappa shape index (κ2) is 12.0. The molecule has 1 aromatic heterocycles. The zero-order valence-corrected chi connectivity index (χ0v) is 27.3. The normalized spacial score (nSPS) is 11.2. The van der Waals surface area contributed by atoms with E-state index in [0.29, 0.717) is 5.56 Å². The second-order valence-electron chi connectivity index (χ2n) is 12.1. The highest BCUT2D eigenvalue weighted by atomic mass is 32.1. The number of thiophene rings is 1. The molecule has 49 heavy (non-hydrogen) atoms. The third kappa shape index (κ3) is 4.96. The summed E-state index contributed by atoms with van der Waals surface area (Å²) < 4.78 is 2.61. The third-order valence-electron chi connectivity index (χ3n) is 9.22. The highest BCUT2D eigenvalue weighted by Gasteiger charge is 2.20. The van der Waals surface area contributed by atoms with E-state index >= 15 is 0 Å². The largest absolute Gasteiger partial charge is 0.310 e. The van der Waals surface area contributed by atoms with Crippen molar-refractivity contribution >= 4 is 87.2 Å². The van der Waals surface area contributed by atoms with Gasteiger partial charge < -0.3 is 9.80 Å². The first-order valence-electron chi connectivity index (χ1n) is 16.3. The van der Waals surface area contributed by atoms with Gasteiger partial charge >= 0.3 is 0 Å². The topological polar surface area (TPSA) is 30.3 Å². The quantitative estimate of drug-likeness (QED) is 0.169. The first-order chi connectivity index (χ1) is 24.3. The van der Waals surface area contributed by atoms with E-state index in [9.17, 15) is 5.26 Å². The zero-order valence-electron chi connectivity index (χ0n) is 26.5. The number of anilines is 6. The molecule has 1 heterocycles. The van der Waals surface area contributed by atoms with Crippen LogP contribution in [0.2, 0.25) is 0 Å². The minimum atomic E-state index is 0.633. The van der Waals surface area contributed by atoms with Crippen molar-refractivity contribution in [1.82, 2.24) is 0 Å².